The van der Waals surface area contributed by atoms with Gasteiger partial charge in [-0.3, -0.25) is 9.78 Å². The van der Waals surface area contributed by atoms with Crippen LogP contribution in [0.15, 0.2) is 24.5 Å². The molecule has 1 saturated heterocycles. The summed E-state index contributed by atoms with van der Waals surface area (Å²) in [6.07, 6.45) is 3.48. The minimum atomic E-state index is -0.825. The molecule has 0 spiro atoms. The maximum atomic E-state index is 12.0. The van der Waals surface area contributed by atoms with Crippen LogP contribution in [-0.2, 0) is 11.3 Å². The minimum Gasteiger partial charge on any atom is -0.481 e. The molecule has 2 heterocycles. The lowest BCUT2D eigenvalue weighted by molar-refractivity contribution is -0.138. The molecule has 0 saturated carbocycles. The molecule has 2 rings (SSSR count). The molecular weight excluding hydrogens is 246 g/mol. The number of carbonyl (C=O) groups is 2. The van der Waals surface area contributed by atoms with E-state index in [-0.39, 0.29) is 18.4 Å². The largest absolute Gasteiger partial charge is 0.481 e. The second-order valence-corrected chi connectivity index (χ2v) is 4.87. The molecule has 1 atom stereocenters. The third-order valence-corrected chi connectivity index (χ3v) is 3.17. The molecule has 0 bridgehead atoms. The van der Waals surface area contributed by atoms with Crippen molar-refractivity contribution in [1.29, 1.82) is 0 Å². The van der Waals surface area contributed by atoms with E-state index in [0.717, 1.165) is 5.56 Å². The van der Waals surface area contributed by atoms with Gasteiger partial charge in [-0.2, -0.15) is 0 Å². The summed E-state index contributed by atoms with van der Waals surface area (Å²) in [5.74, 6) is -0.856. The van der Waals surface area contributed by atoms with Crippen LogP contribution in [0.4, 0.5) is 4.79 Å². The Labute approximate surface area is 111 Å². The molecular formula is C13H17N3O3. The van der Waals surface area contributed by atoms with Crippen molar-refractivity contribution in [3.63, 3.8) is 0 Å². The van der Waals surface area contributed by atoms with Gasteiger partial charge in [-0.25, -0.2) is 4.79 Å². The molecule has 19 heavy (non-hydrogen) atoms. The predicted molar refractivity (Wildman–Crippen MR) is 68.4 cm³/mol. The van der Waals surface area contributed by atoms with Crippen molar-refractivity contribution < 1.29 is 14.7 Å². The van der Waals surface area contributed by atoms with Crippen molar-refractivity contribution in [3.05, 3.63) is 30.1 Å². The molecule has 1 aromatic heterocycles. The summed E-state index contributed by atoms with van der Waals surface area (Å²) < 4.78 is 0. The van der Waals surface area contributed by atoms with Crippen molar-refractivity contribution in [3.8, 4) is 0 Å². The summed E-state index contributed by atoms with van der Waals surface area (Å²) in [4.78, 5) is 30.1. The van der Waals surface area contributed by atoms with Crippen LogP contribution in [0.25, 0.3) is 0 Å². The highest BCUT2D eigenvalue weighted by Gasteiger charge is 2.30. The van der Waals surface area contributed by atoms with Crippen LogP contribution in [0, 0.1) is 5.92 Å². The second kappa shape index (κ2) is 5.69. The van der Waals surface area contributed by atoms with E-state index in [0.29, 0.717) is 19.6 Å². The smallest absolute Gasteiger partial charge is 0.320 e. The molecule has 1 aliphatic heterocycles. The third kappa shape index (κ3) is 3.43. The number of urea groups is 1. The highest BCUT2D eigenvalue weighted by Crippen LogP contribution is 2.18. The van der Waals surface area contributed by atoms with Crippen LogP contribution in [0.3, 0.4) is 0 Å². The summed E-state index contributed by atoms with van der Waals surface area (Å²) in [6.45, 7) is 1.44. The fourth-order valence-corrected chi connectivity index (χ4v) is 2.37. The quantitative estimate of drug-likeness (QED) is 0.880. The minimum absolute atomic E-state index is 0.0307. The van der Waals surface area contributed by atoms with Gasteiger partial charge >= 0.3 is 12.0 Å². The number of carbonyl (C=O) groups excluding carboxylic acids is 1. The van der Waals surface area contributed by atoms with Gasteiger partial charge in [0.1, 0.15) is 0 Å². The number of carboxylic acids is 1. The number of aliphatic carboxylic acids is 1. The Hall–Kier alpha value is -2.11. The Balaban J connectivity index is 2.05. The summed E-state index contributed by atoms with van der Waals surface area (Å²) in [5.41, 5.74) is 0.945. The van der Waals surface area contributed by atoms with E-state index in [1.807, 2.05) is 12.1 Å². The molecule has 1 N–H and O–H groups in total. The topological polar surface area (TPSA) is 73.7 Å². The van der Waals surface area contributed by atoms with E-state index in [2.05, 4.69) is 4.98 Å². The Morgan fingerprint density at radius 2 is 2.32 bits per heavy atom. The number of carboxylic acid groups (broad SMARTS) is 1. The second-order valence-electron chi connectivity index (χ2n) is 4.87. The summed E-state index contributed by atoms with van der Waals surface area (Å²) in [5, 5.41) is 8.86. The number of nitrogens with zero attached hydrogens (tertiary/aromatic N) is 3. The highest BCUT2D eigenvalue weighted by molar-refractivity contribution is 5.75. The number of rotatable bonds is 4. The van der Waals surface area contributed by atoms with Gasteiger partial charge in [-0.15, -0.1) is 0 Å². The predicted octanol–water partition coefficient (Wildman–Crippen LogP) is 1.04. The molecule has 1 aliphatic rings. The summed E-state index contributed by atoms with van der Waals surface area (Å²) in [7, 11) is 1.70. The average Bonchev–Trinajstić information content (AvgIpc) is 2.36. The van der Waals surface area contributed by atoms with Crippen molar-refractivity contribution in [2.24, 2.45) is 5.92 Å². The lowest BCUT2D eigenvalue weighted by atomic mass is 10.0. The normalized spacial score (nSPS) is 19.6. The lowest BCUT2D eigenvalue weighted by Gasteiger charge is -2.37. The average molecular weight is 263 g/mol. The molecule has 1 aromatic rings. The number of aromatic nitrogens is 1. The molecule has 0 aromatic carbocycles. The van der Waals surface area contributed by atoms with Crippen LogP contribution >= 0.6 is 0 Å². The zero-order valence-electron chi connectivity index (χ0n) is 10.8. The SMILES string of the molecule is CN1CC(CC(=O)O)CN(Cc2cccnc2)C1=O. The van der Waals surface area contributed by atoms with Gasteiger partial charge in [0, 0.05) is 45.0 Å². The number of pyridine rings is 1. The van der Waals surface area contributed by atoms with Gasteiger partial charge in [0.25, 0.3) is 0 Å². The zero-order chi connectivity index (χ0) is 13.8. The highest BCUT2D eigenvalue weighted by atomic mass is 16.4. The number of amides is 2. The van der Waals surface area contributed by atoms with Crippen LogP contribution in [-0.4, -0.2) is 52.0 Å². The number of hydrogen-bond donors (Lipinski definition) is 1. The summed E-state index contributed by atoms with van der Waals surface area (Å²) in [6, 6.07) is 3.66. The maximum absolute atomic E-state index is 12.0. The van der Waals surface area contributed by atoms with Crippen LogP contribution in [0.1, 0.15) is 12.0 Å². The van der Waals surface area contributed by atoms with E-state index < -0.39 is 5.97 Å². The van der Waals surface area contributed by atoms with Gasteiger partial charge in [0.05, 0.1) is 6.42 Å². The Morgan fingerprint density at radius 3 is 2.95 bits per heavy atom. The molecule has 1 fully saturated rings. The molecule has 1 unspecified atom stereocenters. The van der Waals surface area contributed by atoms with E-state index in [1.54, 1.807) is 29.2 Å². The van der Waals surface area contributed by atoms with Gasteiger partial charge in [-0.1, -0.05) is 6.07 Å². The maximum Gasteiger partial charge on any atom is 0.320 e. The molecule has 0 radical (unpaired) electrons. The van der Waals surface area contributed by atoms with Gasteiger partial charge in [-0.05, 0) is 11.6 Å². The van der Waals surface area contributed by atoms with E-state index in [9.17, 15) is 9.59 Å². The van der Waals surface area contributed by atoms with Crippen molar-refractivity contribution >= 4 is 12.0 Å². The van der Waals surface area contributed by atoms with Gasteiger partial charge in [0.15, 0.2) is 0 Å². The van der Waals surface area contributed by atoms with Crippen LogP contribution < -0.4 is 0 Å². The molecule has 0 aliphatic carbocycles. The fraction of sp³-hybridized carbons (Fsp3) is 0.462. The molecule has 6 heteroatoms. The van der Waals surface area contributed by atoms with E-state index in [4.69, 9.17) is 5.11 Å². The first-order valence-electron chi connectivity index (χ1n) is 6.17. The van der Waals surface area contributed by atoms with Gasteiger partial charge in [0.2, 0.25) is 0 Å². The molecule has 6 nitrogen and oxygen atoms in total. The third-order valence-electron chi connectivity index (χ3n) is 3.17. The first-order chi connectivity index (χ1) is 9.06. The van der Waals surface area contributed by atoms with E-state index in [1.165, 1.54) is 0 Å². The Bertz CT molecular complexity index is 463. The lowest BCUT2D eigenvalue weighted by Crippen LogP contribution is -2.51. The van der Waals surface area contributed by atoms with Crippen molar-refractivity contribution in [2.75, 3.05) is 20.1 Å². The first kappa shape index (κ1) is 13.3. The monoisotopic (exact) mass is 263 g/mol. The molecule has 102 valence electrons. The Kier molecular flexibility index (Phi) is 3.99. The fourth-order valence-electron chi connectivity index (χ4n) is 2.37. The Morgan fingerprint density at radius 1 is 1.53 bits per heavy atom. The van der Waals surface area contributed by atoms with Crippen LogP contribution in [0.2, 0.25) is 0 Å². The van der Waals surface area contributed by atoms with Crippen molar-refractivity contribution in [2.45, 2.75) is 13.0 Å². The number of hydrogen-bond acceptors (Lipinski definition) is 3. The summed E-state index contributed by atoms with van der Waals surface area (Å²) >= 11 is 0. The van der Waals surface area contributed by atoms with Gasteiger partial charge < -0.3 is 14.9 Å². The van der Waals surface area contributed by atoms with Crippen LogP contribution in [0.5, 0.6) is 0 Å². The zero-order valence-corrected chi connectivity index (χ0v) is 10.8. The van der Waals surface area contributed by atoms with Crippen molar-refractivity contribution in [1.82, 2.24) is 14.8 Å². The first-order valence-corrected chi connectivity index (χ1v) is 6.17. The van der Waals surface area contributed by atoms with E-state index >= 15 is 0 Å². The standard InChI is InChI=1S/C13H17N3O3/c1-15-7-11(5-12(17)18)9-16(13(15)19)8-10-3-2-4-14-6-10/h2-4,6,11H,5,7-9H2,1H3,(H,17,18). The molecule has 2 amide bonds.